The van der Waals surface area contributed by atoms with Crippen LogP contribution < -0.4 is 15.8 Å². The molecule has 0 fully saturated rings. The fourth-order valence-electron chi connectivity index (χ4n) is 4.02. The van der Waals surface area contributed by atoms with Gasteiger partial charge in [-0.15, -0.1) is 13.2 Å². The molecule has 0 spiro atoms. The lowest BCUT2D eigenvalue weighted by Crippen LogP contribution is -2.42. The van der Waals surface area contributed by atoms with E-state index in [1.165, 1.54) is 19.1 Å². The van der Waals surface area contributed by atoms with Crippen LogP contribution in [0.4, 0.5) is 13.2 Å². The topological polar surface area (TPSA) is 97.2 Å². The van der Waals surface area contributed by atoms with E-state index >= 15 is 0 Å². The van der Waals surface area contributed by atoms with Crippen LogP contribution in [-0.4, -0.2) is 35.6 Å². The second-order valence-corrected chi connectivity index (χ2v) is 8.36. The van der Waals surface area contributed by atoms with E-state index in [0.717, 1.165) is 22.5 Å². The number of hydrogen-bond donors (Lipinski definition) is 3. The van der Waals surface area contributed by atoms with Crippen LogP contribution >= 0.6 is 0 Å². The average Bonchev–Trinajstić information content (AvgIpc) is 3.25. The summed E-state index contributed by atoms with van der Waals surface area (Å²) in [5.41, 5.74) is 9.08. The molecule has 1 aromatic heterocycles. The zero-order valence-corrected chi connectivity index (χ0v) is 19.4. The molecule has 0 aliphatic carbocycles. The fraction of sp³-hybridized carbons (Fsp3) is 0.185. The normalized spacial score (nSPS) is 12.4. The Morgan fingerprint density at radius 3 is 2.39 bits per heavy atom. The Kier molecular flexibility index (Phi) is 7.12. The minimum Gasteiger partial charge on any atom is -0.405 e. The summed E-state index contributed by atoms with van der Waals surface area (Å²) in [7, 11) is 0. The Morgan fingerprint density at radius 2 is 1.72 bits per heavy atom. The van der Waals surface area contributed by atoms with Crippen molar-refractivity contribution in [3.8, 4) is 16.9 Å². The van der Waals surface area contributed by atoms with Gasteiger partial charge in [0.05, 0.1) is 5.56 Å². The third-order valence-corrected chi connectivity index (χ3v) is 5.84. The van der Waals surface area contributed by atoms with Gasteiger partial charge in [0.25, 0.3) is 5.91 Å². The van der Waals surface area contributed by atoms with E-state index in [2.05, 4.69) is 15.0 Å². The summed E-state index contributed by atoms with van der Waals surface area (Å²) in [4.78, 5) is 27.9. The Labute approximate surface area is 205 Å². The molecule has 4 N–H and O–H groups in total. The van der Waals surface area contributed by atoms with Crippen LogP contribution in [0.25, 0.3) is 22.0 Å². The van der Waals surface area contributed by atoms with Crippen LogP contribution in [0.2, 0.25) is 0 Å². The minimum absolute atomic E-state index is 0.0763. The molecule has 1 heterocycles. The van der Waals surface area contributed by atoms with Crippen LogP contribution in [0.15, 0.2) is 72.9 Å². The zero-order valence-electron chi connectivity index (χ0n) is 19.4. The van der Waals surface area contributed by atoms with Gasteiger partial charge in [-0.1, -0.05) is 48.5 Å². The van der Waals surface area contributed by atoms with Crippen molar-refractivity contribution in [2.75, 3.05) is 6.54 Å². The highest BCUT2D eigenvalue weighted by atomic mass is 19.4. The highest BCUT2D eigenvalue weighted by Gasteiger charge is 2.33. The van der Waals surface area contributed by atoms with E-state index in [0.29, 0.717) is 23.1 Å². The Morgan fingerprint density at radius 1 is 1.03 bits per heavy atom. The summed E-state index contributed by atoms with van der Waals surface area (Å²) < 4.78 is 43.3. The summed E-state index contributed by atoms with van der Waals surface area (Å²) in [5.74, 6) is -1.47. The molecule has 4 rings (SSSR count). The minimum atomic E-state index is -4.98. The summed E-state index contributed by atoms with van der Waals surface area (Å²) in [6.07, 6.45) is -2.77. The van der Waals surface area contributed by atoms with E-state index in [1.54, 1.807) is 24.3 Å². The number of H-pyrrole nitrogens is 1. The summed E-state index contributed by atoms with van der Waals surface area (Å²) in [5, 5.41) is 3.72. The standard InChI is InChI=1S/C27H24F3N3O3/c1-16(34)17-6-8-18(9-7-17)19-10-11-25(36-27(28,29)30)23(13-19)26(35)33-21(14-31)12-20-15-32-24-5-3-2-4-22(20)24/h2-11,13,15,21,32H,12,14,31H2,1H3,(H,33,35). The van der Waals surface area contributed by atoms with Crippen molar-refractivity contribution in [2.24, 2.45) is 5.73 Å². The number of ether oxygens (including phenoxy) is 1. The lowest BCUT2D eigenvalue weighted by atomic mass is 9.99. The van der Waals surface area contributed by atoms with E-state index < -0.39 is 24.1 Å². The van der Waals surface area contributed by atoms with Gasteiger partial charge in [-0.25, -0.2) is 0 Å². The fourth-order valence-corrected chi connectivity index (χ4v) is 4.02. The van der Waals surface area contributed by atoms with Gasteiger partial charge >= 0.3 is 6.36 Å². The molecular weight excluding hydrogens is 471 g/mol. The molecular formula is C27H24F3N3O3. The smallest absolute Gasteiger partial charge is 0.405 e. The number of carbonyl (C=O) groups excluding carboxylic acids is 2. The van der Waals surface area contributed by atoms with Crippen LogP contribution in [0.3, 0.4) is 0 Å². The third kappa shape index (κ3) is 5.75. The molecule has 9 heteroatoms. The molecule has 6 nitrogen and oxygen atoms in total. The first kappa shape index (κ1) is 25.0. The number of amides is 1. The number of nitrogens with two attached hydrogens (primary N) is 1. The number of benzene rings is 3. The number of ketones is 1. The van der Waals surface area contributed by atoms with Gasteiger partial charge in [0.2, 0.25) is 0 Å². The van der Waals surface area contributed by atoms with Crippen molar-refractivity contribution in [3.63, 3.8) is 0 Å². The Balaban J connectivity index is 1.62. The highest BCUT2D eigenvalue weighted by Crippen LogP contribution is 2.31. The van der Waals surface area contributed by atoms with Crippen molar-refractivity contribution in [3.05, 3.63) is 89.6 Å². The molecule has 1 unspecified atom stereocenters. The number of aromatic nitrogens is 1. The first-order valence-corrected chi connectivity index (χ1v) is 11.2. The zero-order chi connectivity index (χ0) is 25.9. The molecule has 1 atom stereocenters. The van der Waals surface area contributed by atoms with Crippen LogP contribution in [0.5, 0.6) is 5.75 Å². The number of nitrogens with one attached hydrogen (secondary N) is 2. The molecule has 1 amide bonds. The van der Waals surface area contributed by atoms with Crippen LogP contribution in [0.1, 0.15) is 33.2 Å². The van der Waals surface area contributed by atoms with Crippen molar-refractivity contribution in [2.45, 2.75) is 25.7 Å². The van der Waals surface area contributed by atoms with Gasteiger partial charge in [-0.05, 0) is 48.2 Å². The molecule has 0 bridgehead atoms. The number of halogens is 3. The first-order valence-electron chi connectivity index (χ1n) is 11.2. The maximum atomic E-state index is 13.2. The molecule has 0 radical (unpaired) electrons. The molecule has 36 heavy (non-hydrogen) atoms. The molecule has 0 aliphatic rings. The number of para-hydroxylation sites is 1. The second-order valence-electron chi connectivity index (χ2n) is 8.36. The predicted octanol–water partition coefficient (Wildman–Crippen LogP) is 5.24. The number of Topliss-reactive ketones (excluding diaryl/α,β-unsaturated/α-hetero) is 1. The van der Waals surface area contributed by atoms with Gasteiger partial charge in [-0.3, -0.25) is 9.59 Å². The van der Waals surface area contributed by atoms with Crippen LogP contribution in [0, 0.1) is 0 Å². The van der Waals surface area contributed by atoms with Crippen molar-refractivity contribution < 1.29 is 27.5 Å². The molecule has 4 aromatic rings. The second kappa shape index (κ2) is 10.2. The lowest BCUT2D eigenvalue weighted by molar-refractivity contribution is -0.274. The molecule has 186 valence electrons. The number of hydrogen-bond acceptors (Lipinski definition) is 4. The van der Waals surface area contributed by atoms with Gasteiger partial charge in [0.15, 0.2) is 5.78 Å². The predicted molar refractivity (Wildman–Crippen MR) is 131 cm³/mol. The number of aromatic amines is 1. The van der Waals surface area contributed by atoms with E-state index in [4.69, 9.17) is 5.73 Å². The van der Waals surface area contributed by atoms with Gasteiger partial charge in [0.1, 0.15) is 5.75 Å². The van der Waals surface area contributed by atoms with Gasteiger partial charge < -0.3 is 20.8 Å². The maximum Gasteiger partial charge on any atom is 0.573 e. The summed E-state index contributed by atoms with van der Waals surface area (Å²) in [6, 6.07) is 17.5. The molecule has 3 aromatic carbocycles. The highest BCUT2D eigenvalue weighted by molar-refractivity contribution is 5.99. The van der Waals surface area contributed by atoms with E-state index in [-0.39, 0.29) is 17.9 Å². The summed E-state index contributed by atoms with van der Waals surface area (Å²) in [6.45, 7) is 1.51. The average molecular weight is 496 g/mol. The Hall–Kier alpha value is -4.11. The number of alkyl halides is 3. The van der Waals surface area contributed by atoms with E-state index in [9.17, 15) is 22.8 Å². The maximum absolute atomic E-state index is 13.2. The molecule has 0 saturated heterocycles. The molecule has 0 aliphatic heterocycles. The molecule has 0 saturated carbocycles. The van der Waals surface area contributed by atoms with Crippen molar-refractivity contribution in [1.29, 1.82) is 0 Å². The first-order chi connectivity index (χ1) is 17.1. The van der Waals surface area contributed by atoms with Crippen LogP contribution in [-0.2, 0) is 6.42 Å². The van der Waals surface area contributed by atoms with Crippen molar-refractivity contribution in [1.82, 2.24) is 10.3 Å². The van der Waals surface area contributed by atoms with Gasteiger partial charge in [0, 0.05) is 35.2 Å². The quantitative estimate of drug-likeness (QED) is 0.292. The number of fused-ring (bicyclic) bond motifs is 1. The number of rotatable bonds is 8. The third-order valence-electron chi connectivity index (χ3n) is 5.84. The monoisotopic (exact) mass is 495 g/mol. The largest absolute Gasteiger partial charge is 0.573 e. The Bertz CT molecular complexity index is 1390. The number of carbonyl (C=O) groups is 2. The SMILES string of the molecule is CC(=O)c1ccc(-c2ccc(OC(F)(F)F)c(C(=O)NC(CN)Cc3c[nH]c4ccccc34)c2)cc1. The van der Waals surface area contributed by atoms with Crippen molar-refractivity contribution >= 4 is 22.6 Å². The summed E-state index contributed by atoms with van der Waals surface area (Å²) >= 11 is 0. The lowest BCUT2D eigenvalue weighted by Gasteiger charge is -2.19. The van der Waals surface area contributed by atoms with E-state index in [1.807, 2.05) is 30.5 Å². The van der Waals surface area contributed by atoms with Gasteiger partial charge in [-0.2, -0.15) is 0 Å².